The summed E-state index contributed by atoms with van der Waals surface area (Å²) in [5.74, 6) is -0.959. The molecule has 2 amide bonds. The third kappa shape index (κ3) is 5.07. The van der Waals surface area contributed by atoms with Gasteiger partial charge in [0.15, 0.2) is 0 Å². The van der Waals surface area contributed by atoms with E-state index in [-0.39, 0.29) is 17.7 Å². The predicted octanol–water partition coefficient (Wildman–Crippen LogP) is 1.75. The van der Waals surface area contributed by atoms with Crippen molar-refractivity contribution in [2.45, 2.75) is 31.9 Å². The van der Waals surface area contributed by atoms with Crippen molar-refractivity contribution >= 4 is 12.0 Å². The number of hydrogen-bond acceptors (Lipinski definition) is 3. The highest BCUT2D eigenvalue weighted by molar-refractivity contribution is 5.87. The Balaban J connectivity index is 1.69. The van der Waals surface area contributed by atoms with E-state index in [4.69, 9.17) is 9.84 Å². The molecule has 1 fully saturated rings. The molecule has 3 N–H and O–H groups in total. The molecule has 1 aromatic rings. The summed E-state index contributed by atoms with van der Waals surface area (Å²) in [7, 11) is 0. The summed E-state index contributed by atoms with van der Waals surface area (Å²) < 4.78 is 5.53. The zero-order chi connectivity index (χ0) is 15.1. The third-order valence-corrected chi connectivity index (χ3v) is 3.42. The molecule has 6 heteroatoms. The van der Waals surface area contributed by atoms with E-state index in [1.807, 2.05) is 0 Å². The fraction of sp³-hybridized carbons (Fsp3) is 0.467. The van der Waals surface area contributed by atoms with Crippen LogP contribution in [-0.2, 0) is 11.3 Å². The lowest BCUT2D eigenvalue weighted by molar-refractivity contribution is 0.0184. The Bertz CT molecular complexity index is 481. The van der Waals surface area contributed by atoms with Crippen LogP contribution in [0.2, 0.25) is 0 Å². The van der Waals surface area contributed by atoms with Crippen LogP contribution >= 0.6 is 0 Å². The summed E-state index contributed by atoms with van der Waals surface area (Å²) in [6, 6.07) is 6.17. The molecule has 0 bridgehead atoms. The lowest BCUT2D eigenvalue weighted by Crippen LogP contribution is -2.41. The average Bonchev–Trinajstić information content (AvgIpc) is 2.52. The minimum atomic E-state index is -0.959. The first-order valence-corrected chi connectivity index (χ1v) is 7.10. The van der Waals surface area contributed by atoms with Crippen molar-refractivity contribution in [3.05, 3.63) is 35.4 Å². The Kier molecular flexibility index (Phi) is 5.57. The van der Waals surface area contributed by atoms with Gasteiger partial charge in [-0.25, -0.2) is 9.59 Å². The largest absolute Gasteiger partial charge is 0.478 e. The van der Waals surface area contributed by atoms with Crippen molar-refractivity contribution < 1.29 is 19.4 Å². The van der Waals surface area contributed by atoms with Crippen molar-refractivity contribution in [3.8, 4) is 0 Å². The summed E-state index contributed by atoms with van der Waals surface area (Å²) in [6.45, 7) is 1.64. The van der Waals surface area contributed by atoms with Crippen LogP contribution in [0.25, 0.3) is 0 Å². The van der Waals surface area contributed by atoms with Crippen LogP contribution in [0.3, 0.4) is 0 Å². The number of ether oxygens (including phenoxy) is 1. The Morgan fingerprint density at radius 3 is 2.57 bits per heavy atom. The summed E-state index contributed by atoms with van der Waals surface area (Å²) >= 11 is 0. The molecule has 114 valence electrons. The molecule has 1 aliphatic heterocycles. The van der Waals surface area contributed by atoms with Gasteiger partial charge in [-0.2, -0.15) is 0 Å². The first-order valence-electron chi connectivity index (χ1n) is 7.10. The standard InChI is InChI=1S/C15H20N2O4/c18-14(19)12-6-4-11(5-7-12)9-16-15(20)17-10-13-3-1-2-8-21-13/h4-7,13H,1-3,8-10H2,(H,18,19)(H2,16,17,20). The molecule has 1 aromatic carbocycles. The maximum atomic E-state index is 11.7. The van der Waals surface area contributed by atoms with Crippen LogP contribution < -0.4 is 10.6 Å². The Labute approximate surface area is 123 Å². The highest BCUT2D eigenvalue weighted by atomic mass is 16.5. The summed E-state index contributed by atoms with van der Waals surface area (Å²) in [5, 5.41) is 14.3. The van der Waals surface area contributed by atoms with Gasteiger partial charge < -0.3 is 20.5 Å². The number of carboxylic acids is 1. The van der Waals surface area contributed by atoms with Gasteiger partial charge in [-0.15, -0.1) is 0 Å². The van der Waals surface area contributed by atoms with Crippen molar-refractivity contribution in [2.24, 2.45) is 0 Å². The number of benzene rings is 1. The second-order valence-corrected chi connectivity index (χ2v) is 5.05. The maximum absolute atomic E-state index is 11.7. The van der Waals surface area contributed by atoms with Crippen LogP contribution in [0.5, 0.6) is 0 Å². The molecule has 1 unspecified atom stereocenters. The van der Waals surface area contributed by atoms with E-state index in [1.165, 1.54) is 12.1 Å². The van der Waals surface area contributed by atoms with Gasteiger partial charge in [0.05, 0.1) is 11.7 Å². The smallest absolute Gasteiger partial charge is 0.335 e. The van der Waals surface area contributed by atoms with E-state index in [0.717, 1.165) is 31.4 Å². The second-order valence-electron chi connectivity index (χ2n) is 5.05. The van der Waals surface area contributed by atoms with Crippen molar-refractivity contribution in [1.29, 1.82) is 0 Å². The van der Waals surface area contributed by atoms with E-state index in [0.29, 0.717) is 13.1 Å². The fourth-order valence-electron chi connectivity index (χ4n) is 2.18. The summed E-state index contributed by atoms with van der Waals surface area (Å²) in [6.07, 6.45) is 3.33. The van der Waals surface area contributed by atoms with Crippen molar-refractivity contribution in [2.75, 3.05) is 13.2 Å². The SMILES string of the molecule is O=C(NCc1ccc(C(=O)O)cc1)NCC1CCCCO1. The molecule has 0 aromatic heterocycles. The maximum Gasteiger partial charge on any atom is 0.335 e. The molecule has 21 heavy (non-hydrogen) atoms. The van der Waals surface area contributed by atoms with Gasteiger partial charge in [-0.05, 0) is 37.0 Å². The summed E-state index contributed by atoms with van der Waals surface area (Å²) in [4.78, 5) is 22.4. The number of carbonyl (C=O) groups is 2. The fourth-order valence-corrected chi connectivity index (χ4v) is 2.18. The first kappa shape index (κ1) is 15.3. The van der Waals surface area contributed by atoms with Crippen LogP contribution in [-0.4, -0.2) is 36.4 Å². The third-order valence-electron chi connectivity index (χ3n) is 3.42. The number of carboxylic acid groups (broad SMARTS) is 1. The highest BCUT2D eigenvalue weighted by Gasteiger charge is 2.14. The van der Waals surface area contributed by atoms with Gasteiger partial charge in [-0.3, -0.25) is 0 Å². The second kappa shape index (κ2) is 7.64. The van der Waals surface area contributed by atoms with E-state index in [2.05, 4.69) is 10.6 Å². The van der Waals surface area contributed by atoms with Gasteiger partial charge in [0.1, 0.15) is 0 Å². The molecule has 2 rings (SSSR count). The Hall–Kier alpha value is -2.08. The average molecular weight is 292 g/mol. The quantitative estimate of drug-likeness (QED) is 0.771. The Morgan fingerprint density at radius 2 is 1.95 bits per heavy atom. The van der Waals surface area contributed by atoms with Crippen molar-refractivity contribution in [3.63, 3.8) is 0 Å². The number of rotatable bonds is 5. The number of urea groups is 1. The highest BCUT2D eigenvalue weighted by Crippen LogP contribution is 2.11. The molecule has 1 saturated heterocycles. The molecular weight excluding hydrogens is 272 g/mol. The molecule has 1 atom stereocenters. The topological polar surface area (TPSA) is 87.7 Å². The Morgan fingerprint density at radius 1 is 1.19 bits per heavy atom. The van der Waals surface area contributed by atoms with Gasteiger partial charge in [0.2, 0.25) is 0 Å². The van der Waals surface area contributed by atoms with E-state index < -0.39 is 5.97 Å². The van der Waals surface area contributed by atoms with Crippen LogP contribution in [0.15, 0.2) is 24.3 Å². The van der Waals surface area contributed by atoms with Crippen LogP contribution in [0.4, 0.5) is 4.79 Å². The number of amides is 2. The predicted molar refractivity (Wildman–Crippen MR) is 77.2 cm³/mol. The molecule has 0 aliphatic carbocycles. The normalized spacial score (nSPS) is 18.0. The zero-order valence-electron chi connectivity index (χ0n) is 11.8. The molecule has 0 radical (unpaired) electrons. The number of aromatic carboxylic acids is 1. The van der Waals surface area contributed by atoms with E-state index in [1.54, 1.807) is 12.1 Å². The molecule has 0 spiro atoms. The monoisotopic (exact) mass is 292 g/mol. The number of carbonyl (C=O) groups excluding carboxylic acids is 1. The van der Waals surface area contributed by atoms with Gasteiger partial charge in [-0.1, -0.05) is 12.1 Å². The van der Waals surface area contributed by atoms with E-state index >= 15 is 0 Å². The summed E-state index contributed by atoms with van der Waals surface area (Å²) in [5.41, 5.74) is 1.08. The van der Waals surface area contributed by atoms with Gasteiger partial charge >= 0.3 is 12.0 Å². The van der Waals surface area contributed by atoms with E-state index in [9.17, 15) is 9.59 Å². The molecule has 6 nitrogen and oxygen atoms in total. The zero-order valence-corrected chi connectivity index (χ0v) is 11.8. The molecule has 1 aliphatic rings. The molecular formula is C15H20N2O4. The number of hydrogen-bond donors (Lipinski definition) is 3. The lowest BCUT2D eigenvalue weighted by Gasteiger charge is -2.22. The molecule has 0 saturated carbocycles. The van der Waals surface area contributed by atoms with Crippen molar-refractivity contribution in [1.82, 2.24) is 10.6 Å². The lowest BCUT2D eigenvalue weighted by atomic mass is 10.1. The van der Waals surface area contributed by atoms with Gasteiger partial charge in [0, 0.05) is 19.7 Å². The molecule has 1 heterocycles. The van der Waals surface area contributed by atoms with Crippen LogP contribution in [0, 0.1) is 0 Å². The first-order chi connectivity index (χ1) is 10.1. The van der Waals surface area contributed by atoms with Gasteiger partial charge in [0.25, 0.3) is 0 Å². The number of nitrogens with one attached hydrogen (secondary N) is 2. The minimum absolute atomic E-state index is 0.111. The minimum Gasteiger partial charge on any atom is -0.478 e. The van der Waals surface area contributed by atoms with Crippen LogP contribution in [0.1, 0.15) is 35.2 Å².